The molecule has 2 aromatic rings. The van der Waals surface area contributed by atoms with Crippen LogP contribution in [0.1, 0.15) is 17.3 Å². The van der Waals surface area contributed by atoms with E-state index in [4.69, 9.17) is 4.74 Å². The van der Waals surface area contributed by atoms with E-state index in [-0.39, 0.29) is 21.4 Å². The lowest BCUT2D eigenvalue weighted by Crippen LogP contribution is -2.22. The first-order valence-corrected chi connectivity index (χ1v) is 8.01. The van der Waals surface area contributed by atoms with Crippen molar-refractivity contribution in [3.05, 3.63) is 55.4 Å². The number of ketones is 1. The summed E-state index contributed by atoms with van der Waals surface area (Å²) in [5, 5.41) is 0. The highest BCUT2D eigenvalue weighted by molar-refractivity contribution is 9.15. The van der Waals surface area contributed by atoms with E-state index in [1.54, 1.807) is 31.2 Å². The van der Waals surface area contributed by atoms with Crippen molar-refractivity contribution in [3.63, 3.8) is 0 Å². The number of thiazole rings is 1. The molecule has 0 unspecified atom stereocenters. The van der Waals surface area contributed by atoms with E-state index >= 15 is 0 Å². The Morgan fingerprint density at radius 3 is 2.64 bits per heavy atom. The lowest BCUT2D eigenvalue weighted by molar-refractivity contribution is -0.135. The summed E-state index contributed by atoms with van der Waals surface area (Å²) in [7, 11) is 0. The van der Waals surface area contributed by atoms with Gasteiger partial charge in [-0.2, -0.15) is 0 Å². The summed E-state index contributed by atoms with van der Waals surface area (Å²) in [4.78, 5) is 38.1. The second-order valence-corrected chi connectivity index (χ2v) is 6.00. The number of carbonyl (C=O) groups excluding carboxylic acids is 2. The van der Waals surface area contributed by atoms with Gasteiger partial charge >= 0.3 is 5.97 Å². The SMILES string of the molecule is CCOC(=O)/C=c1\s/c(=C(/Br)C(=O)c2ccccc2)[nH]c1=O. The maximum absolute atomic E-state index is 12.3. The van der Waals surface area contributed by atoms with Crippen LogP contribution in [-0.2, 0) is 9.53 Å². The van der Waals surface area contributed by atoms with E-state index < -0.39 is 11.5 Å². The second-order valence-electron chi connectivity index (χ2n) is 4.16. The number of hydrogen-bond acceptors (Lipinski definition) is 5. The third kappa shape index (κ3) is 3.80. The van der Waals surface area contributed by atoms with Gasteiger partial charge in [0.1, 0.15) is 9.20 Å². The van der Waals surface area contributed by atoms with Crippen molar-refractivity contribution in [3.8, 4) is 0 Å². The minimum atomic E-state index is -0.591. The van der Waals surface area contributed by atoms with Gasteiger partial charge in [0, 0.05) is 11.6 Å². The molecule has 1 aromatic carbocycles. The number of rotatable bonds is 4. The lowest BCUT2D eigenvalue weighted by atomic mass is 10.1. The van der Waals surface area contributed by atoms with E-state index in [1.807, 2.05) is 6.07 Å². The van der Waals surface area contributed by atoms with E-state index in [2.05, 4.69) is 20.9 Å². The largest absolute Gasteiger partial charge is 0.463 e. The van der Waals surface area contributed by atoms with Crippen molar-refractivity contribution >= 4 is 49.6 Å². The van der Waals surface area contributed by atoms with Crippen LogP contribution >= 0.6 is 27.3 Å². The molecule has 5 nitrogen and oxygen atoms in total. The topological polar surface area (TPSA) is 76.2 Å². The number of nitrogens with one attached hydrogen (secondary N) is 1. The summed E-state index contributed by atoms with van der Waals surface area (Å²) in [6.07, 6.45) is 1.11. The average molecular weight is 382 g/mol. The maximum atomic E-state index is 12.3. The third-order valence-electron chi connectivity index (χ3n) is 2.63. The molecule has 0 amide bonds. The highest BCUT2D eigenvalue weighted by Gasteiger charge is 2.12. The molecule has 0 atom stereocenters. The van der Waals surface area contributed by atoms with Crippen molar-refractivity contribution in [2.45, 2.75) is 6.92 Å². The number of H-pyrrole nitrogens is 1. The third-order valence-corrected chi connectivity index (χ3v) is 4.69. The predicted molar refractivity (Wildman–Crippen MR) is 88.4 cm³/mol. The molecule has 1 aromatic heterocycles. The van der Waals surface area contributed by atoms with Gasteiger partial charge in [0.05, 0.1) is 11.1 Å². The van der Waals surface area contributed by atoms with Gasteiger partial charge in [-0.15, -0.1) is 11.3 Å². The van der Waals surface area contributed by atoms with Crippen LogP contribution in [0.2, 0.25) is 0 Å². The summed E-state index contributed by atoms with van der Waals surface area (Å²) in [6, 6.07) is 8.68. The highest BCUT2D eigenvalue weighted by atomic mass is 79.9. The molecule has 7 heteroatoms. The Labute approximate surface area is 138 Å². The van der Waals surface area contributed by atoms with Crippen LogP contribution in [0.25, 0.3) is 10.6 Å². The van der Waals surface area contributed by atoms with Crippen molar-refractivity contribution in [1.82, 2.24) is 4.98 Å². The molecule has 2 rings (SSSR count). The Kier molecular flexibility index (Phi) is 5.46. The first-order valence-electron chi connectivity index (χ1n) is 6.40. The van der Waals surface area contributed by atoms with Crippen LogP contribution in [0.5, 0.6) is 0 Å². The Morgan fingerprint density at radius 1 is 1.32 bits per heavy atom. The molecule has 0 saturated heterocycles. The number of ether oxygens (including phenoxy) is 1. The van der Waals surface area contributed by atoms with Gasteiger partial charge in [0.25, 0.3) is 5.56 Å². The Morgan fingerprint density at radius 2 is 2.00 bits per heavy atom. The molecule has 0 bridgehead atoms. The number of hydrogen-bond donors (Lipinski definition) is 1. The fourth-order valence-corrected chi connectivity index (χ4v) is 3.07. The first-order chi connectivity index (χ1) is 10.5. The van der Waals surface area contributed by atoms with Crippen LogP contribution in [0, 0.1) is 0 Å². The number of benzene rings is 1. The van der Waals surface area contributed by atoms with Crippen molar-refractivity contribution < 1.29 is 14.3 Å². The van der Waals surface area contributed by atoms with E-state index in [1.165, 1.54) is 0 Å². The zero-order valence-corrected chi connectivity index (χ0v) is 14.0. The van der Waals surface area contributed by atoms with Crippen LogP contribution in [-0.4, -0.2) is 23.3 Å². The minimum absolute atomic E-state index is 0.186. The Bertz CT molecular complexity index is 867. The van der Waals surface area contributed by atoms with Crippen LogP contribution in [0.3, 0.4) is 0 Å². The molecular weight excluding hydrogens is 370 g/mol. The van der Waals surface area contributed by atoms with Gasteiger partial charge in [-0.3, -0.25) is 9.59 Å². The fraction of sp³-hybridized carbons (Fsp3) is 0.133. The maximum Gasteiger partial charge on any atom is 0.332 e. The number of halogens is 1. The molecule has 0 aliphatic rings. The zero-order chi connectivity index (χ0) is 16.1. The minimum Gasteiger partial charge on any atom is -0.463 e. The number of esters is 1. The van der Waals surface area contributed by atoms with Crippen LogP contribution in [0.15, 0.2) is 35.1 Å². The quantitative estimate of drug-likeness (QED) is 0.636. The highest BCUT2D eigenvalue weighted by Crippen LogP contribution is 2.13. The lowest BCUT2D eigenvalue weighted by Gasteiger charge is -1.97. The first kappa shape index (κ1) is 16.4. The summed E-state index contributed by atoms with van der Waals surface area (Å²) in [5.74, 6) is -0.840. The fourth-order valence-electron chi connectivity index (χ4n) is 1.65. The van der Waals surface area contributed by atoms with Crippen LogP contribution < -0.4 is 14.8 Å². The Hall–Kier alpha value is -1.99. The second kappa shape index (κ2) is 7.33. The van der Waals surface area contributed by atoms with Gasteiger partial charge in [0.15, 0.2) is 0 Å². The van der Waals surface area contributed by atoms with Gasteiger partial charge in [-0.25, -0.2) is 4.79 Å². The van der Waals surface area contributed by atoms with E-state index in [0.717, 1.165) is 17.4 Å². The van der Waals surface area contributed by atoms with Gasteiger partial charge in [0.2, 0.25) is 5.78 Å². The zero-order valence-electron chi connectivity index (χ0n) is 11.6. The summed E-state index contributed by atoms with van der Waals surface area (Å²) in [5.41, 5.74) is 0.0606. The molecule has 1 heterocycles. The molecule has 0 spiro atoms. The number of carbonyl (C=O) groups is 2. The monoisotopic (exact) mass is 381 g/mol. The molecule has 0 saturated carbocycles. The molecular formula is C15H12BrNO4S. The Balaban J connectivity index is 2.47. The number of aromatic nitrogens is 1. The summed E-state index contributed by atoms with van der Waals surface area (Å²) in [6.45, 7) is 1.91. The van der Waals surface area contributed by atoms with Crippen molar-refractivity contribution in [2.24, 2.45) is 0 Å². The number of aromatic amines is 1. The summed E-state index contributed by atoms with van der Waals surface area (Å²) >= 11 is 4.23. The van der Waals surface area contributed by atoms with Gasteiger partial charge in [-0.05, 0) is 22.9 Å². The molecule has 0 radical (unpaired) electrons. The molecule has 114 valence electrons. The van der Waals surface area contributed by atoms with Gasteiger partial charge < -0.3 is 9.72 Å². The standard InChI is InChI=1S/C15H12BrNO4S/c1-2-21-11(18)8-10-14(20)17-15(22-10)12(16)13(19)9-6-4-3-5-7-9/h3-8H,2H2,1H3,(H,17,20)/b10-8-,15-12+. The molecule has 0 fully saturated rings. The van der Waals surface area contributed by atoms with E-state index in [9.17, 15) is 14.4 Å². The molecule has 0 aliphatic heterocycles. The summed E-state index contributed by atoms with van der Waals surface area (Å²) < 4.78 is 5.54. The molecule has 22 heavy (non-hydrogen) atoms. The normalized spacial score (nSPS) is 12.9. The predicted octanol–water partition coefficient (Wildman–Crippen LogP) is 1.17. The van der Waals surface area contributed by atoms with E-state index in [0.29, 0.717) is 10.2 Å². The molecule has 1 N–H and O–H groups in total. The van der Waals surface area contributed by atoms with Crippen molar-refractivity contribution in [1.29, 1.82) is 0 Å². The van der Waals surface area contributed by atoms with Crippen molar-refractivity contribution in [2.75, 3.05) is 6.61 Å². The number of Topliss-reactive ketones (excluding diaryl/α,β-unsaturated/α-hetero) is 1. The smallest absolute Gasteiger partial charge is 0.332 e. The van der Waals surface area contributed by atoms with Crippen LogP contribution in [0.4, 0.5) is 0 Å². The average Bonchev–Trinajstić information content (AvgIpc) is 2.88. The molecule has 0 aliphatic carbocycles. The van der Waals surface area contributed by atoms with Gasteiger partial charge in [-0.1, -0.05) is 30.3 Å².